The molecule has 22 heavy (non-hydrogen) atoms. The van der Waals surface area contributed by atoms with Crippen LogP contribution in [-0.4, -0.2) is 38.9 Å². The number of carbonyl (C=O) groups excluding carboxylic acids is 1. The molecule has 0 aliphatic rings. The first-order valence-electron chi connectivity index (χ1n) is 6.95. The van der Waals surface area contributed by atoms with Crippen molar-refractivity contribution in [2.75, 3.05) is 5.75 Å². The number of carboxylic acid groups (broad SMARTS) is 1. The van der Waals surface area contributed by atoms with Crippen molar-refractivity contribution in [1.82, 2.24) is 9.97 Å². The van der Waals surface area contributed by atoms with Gasteiger partial charge >= 0.3 is 11.9 Å². The van der Waals surface area contributed by atoms with Gasteiger partial charge in [0.25, 0.3) is 0 Å². The fourth-order valence-corrected chi connectivity index (χ4v) is 2.87. The first-order chi connectivity index (χ1) is 10.5. The van der Waals surface area contributed by atoms with Crippen LogP contribution >= 0.6 is 11.8 Å². The molecule has 0 aliphatic carbocycles. The summed E-state index contributed by atoms with van der Waals surface area (Å²) in [6.07, 6.45) is -0.384. The van der Waals surface area contributed by atoms with Crippen molar-refractivity contribution >= 4 is 34.7 Å². The first kappa shape index (κ1) is 16.4. The lowest BCUT2D eigenvalue weighted by Gasteiger charge is -2.12. The molecule has 1 aromatic heterocycles. The van der Waals surface area contributed by atoms with E-state index in [1.54, 1.807) is 13.8 Å². The van der Waals surface area contributed by atoms with Crippen LogP contribution < -0.4 is 0 Å². The number of nitrogens with one attached hydrogen (secondary N) is 1. The van der Waals surface area contributed by atoms with Crippen LogP contribution in [-0.2, 0) is 14.3 Å². The summed E-state index contributed by atoms with van der Waals surface area (Å²) in [6.45, 7) is 3.47. The molecule has 1 heterocycles. The number of hydrogen-bond acceptors (Lipinski definition) is 5. The Labute approximate surface area is 132 Å². The number of benzene rings is 1. The zero-order chi connectivity index (χ0) is 16.1. The second kappa shape index (κ2) is 7.31. The second-order valence-corrected chi connectivity index (χ2v) is 6.16. The number of hydrogen-bond donors (Lipinski definition) is 2. The minimum absolute atomic E-state index is 0.138. The van der Waals surface area contributed by atoms with Gasteiger partial charge in [-0.2, -0.15) is 0 Å². The van der Waals surface area contributed by atoms with Gasteiger partial charge in [-0.3, -0.25) is 9.59 Å². The van der Waals surface area contributed by atoms with E-state index in [-0.39, 0.29) is 18.3 Å². The van der Waals surface area contributed by atoms with Gasteiger partial charge in [-0.15, -0.1) is 0 Å². The third kappa shape index (κ3) is 4.49. The molecule has 0 radical (unpaired) electrons. The second-order valence-electron chi connectivity index (χ2n) is 5.15. The van der Waals surface area contributed by atoms with E-state index in [1.807, 2.05) is 24.3 Å². The van der Waals surface area contributed by atoms with Crippen molar-refractivity contribution in [1.29, 1.82) is 0 Å². The molecule has 0 aliphatic heterocycles. The van der Waals surface area contributed by atoms with Crippen LogP contribution in [0, 0.1) is 5.92 Å². The number of carbonyl (C=O) groups is 2. The maximum atomic E-state index is 11.6. The van der Waals surface area contributed by atoms with E-state index in [1.165, 1.54) is 11.8 Å². The zero-order valence-electron chi connectivity index (χ0n) is 12.4. The summed E-state index contributed by atoms with van der Waals surface area (Å²) in [5.74, 6) is -2.05. The van der Waals surface area contributed by atoms with Gasteiger partial charge in [-0.05, 0) is 26.0 Å². The average molecular weight is 322 g/mol. The number of imidazole rings is 1. The molecular weight excluding hydrogens is 304 g/mol. The minimum Gasteiger partial charge on any atom is -0.481 e. The standard InChI is InChI=1S/C15H18N2O4S/c1-9(2)21-13(18)7-10(14(19)20)8-22-15-16-11-5-3-4-6-12(11)17-15/h3-6,9-10H,7-8H2,1-2H3,(H,16,17)(H,19,20). The highest BCUT2D eigenvalue weighted by molar-refractivity contribution is 7.99. The lowest BCUT2D eigenvalue weighted by Crippen LogP contribution is -2.23. The molecule has 0 fully saturated rings. The number of rotatable bonds is 7. The van der Waals surface area contributed by atoms with Gasteiger partial charge in [0, 0.05) is 5.75 Å². The fraction of sp³-hybridized carbons (Fsp3) is 0.400. The normalized spacial score (nSPS) is 12.5. The van der Waals surface area contributed by atoms with Gasteiger partial charge in [0.15, 0.2) is 5.16 Å². The predicted octanol–water partition coefficient (Wildman–Crippen LogP) is 2.70. The summed E-state index contributed by atoms with van der Waals surface area (Å²) in [6, 6.07) is 7.57. The Morgan fingerprint density at radius 2 is 2.09 bits per heavy atom. The number of thioether (sulfide) groups is 1. The number of para-hydroxylation sites is 2. The number of aromatic amines is 1. The Morgan fingerprint density at radius 1 is 1.36 bits per heavy atom. The maximum Gasteiger partial charge on any atom is 0.307 e. The van der Waals surface area contributed by atoms with Gasteiger partial charge in [0.05, 0.1) is 29.5 Å². The molecule has 0 amide bonds. The van der Waals surface area contributed by atoms with Crippen LogP contribution in [0.4, 0.5) is 0 Å². The average Bonchev–Trinajstić information content (AvgIpc) is 2.84. The van der Waals surface area contributed by atoms with Gasteiger partial charge in [-0.1, -0.05) is 23.9 Å². The molecule has 2 aromatic rings. The molecular formula is C15H18N2O4S. The van der Waals surface area contributed by atoms with Crippen LogP contribution in [0.2, 0.25) is 0 Å². The number of H-pyrrole nitrogens is 1. The van der Waals surface area contributed by atoms with E-state index in [0.717, 1.165) is 11.0 Å². The van der Waals surface area contributed by atoms with Crippen molar-refractivity contribution in [3.63, 3.8) is 0 Å². The van der Waals surface area contributed by atoms with Crippen molar-refractivity contribution < 1.29 is 19.4 Å². The molecule has 0 bridgehead atoms. The van der Waals surface area contributed by atoms with E-state index < -0.39 is 17.9 Å². The number of fused-ring (bicyclic) bond motifs is 1. The highest BCUT2D eigenvalue weighted by atomic mass is 32.2. The number of ether oxygens (including phenoxy) is 1. The first-order valence-corrected chi connectivity index (χ1v) is 7.94. The molecule has 118 valence electrons. The summed E-state index contributed by atoms with van der Waals surface area (Å²) < 4.78 is 5.00. The molecule has 6 nitrogen and oxygen atoms in total. The number of aromatic nitrogens is 2. The molecule has 0 saturated heterocycles. The monoisotopic (exact) mass is 322 g/mol. The minimum atomic E-state index is -1.01. The zero-order valence-corrected chi connectivity index (χ0v) is 13.2. The molecule has 2 N–H and O–H groups in total. The van der Waals surface area contributed by atoms with Crippen LogP contribution in [0.3, 0.4) is 0 Å². The summed E-state index contributed by atoms with van der Waals surface area (Å²) >= 11 is 1.29. The molecule has 0 spiro atoms. The number of esters is 1. The summed E-state index contributed by atoms with van der Waals surface area (Å²) in [5, 5.41) is 9.87. The van der Waals surface area contributed by atoms with Gasteiger partial charge < -0.3 is 14.8 Å². The predicted molar refractivity (Wildman–Crippen MR) is 83.8 cm³/mol. The van der Waals surface area contributed by atoms with Crippen LogP contribution in [0.25, 0.3) is 11.0 Å². The molecule has 1 unspecified atom stereocenters. The van der Waals surface area contributed by atoms with E-state index in [9.17, 15) is 14.7 Å². The molecule has 1 aromatic carbocycles. The molecule has 1 atom stereocenters. The van der Waals surface area contributed by atoms with Gasteiger partial charge in [0.2, 0.25) is 0 Å². The van der Waals surface area contributed by atoms with Crippen molar-refractivity contribution in [2.45, 2.75) is 31.5 Å². The molecule has 0 saturated carbocycles. The SMILES string of the molecule is CC(C)OC(=O)CC(CSc1nc2ccccc2[nH]1)C(=O)O. The molecule has 2 rings (SSSR count). The number of carboxylic acids is 1. The van der Waals surface area contributed by atoms with Gasteiger partial charge in [0.1, 0.15) is 0 Å². The summed E-state index contributed by atoms with van der Waals surface area (Å²) in [7, 11) is 0. The Kier molecular flexibility index (Phi) is 5.43. The van der Waals surface area contributed by atoms with E-state index in [0.29, 0.717) is 5.16 Å². The topological polar surface area (TPSA) is 92.3 Å². The maximum absolute atomic E-state index is 11.6. The lowest BCUT2D eigenvalue weighted by molar-refractivity contribution is -0.153. The van der Waals surface area contributed by atoms with Crippen molar-refractivity contribution in [3.05, 3.63) is 24.3 Å². The van der Waals surface area contributed by atoms with Crippen LogP contribution in [0.5, 0.6) is 0 Å². The Bertz CT molecular complexity index is 635. The van der Waals surface area contributed by atoms with E-state index >= 15 is 0 Å². The Balaban J connectivity index is 1.96. The van der Waals surface area contributed by atoms with Crippen LogP contribution in [0.1, 0.15) is 20.3 Å². The number of nitrogens with zero attached hydrogens (tertiary/aromatic N) is 1. The highest BCUT2D eigenvalue weighted by Crippen LogP contribution is 2.23. The quantitative estimate of drug-likeness (QED) is 0.601. The van der Waals surface area contributed by atoms with Crippen molar-refractivity contribution in [2.24, 2.45) is 5.92 Å². The van der Waals surface area contributed by atoms with Gasteiger partial charge in [-0.25, -0.2) is 4.98 Å². The van der Waals surface area contributed by atoms with E-state index in [2.05, 4.69) is 9.97 Å². The van der Waals surface area contributed by atoms with Crippen molar-refractivity contribution in [3.8, 4) is 0 Å². The van der Waals surface area contributed by atoms with Crippen LogP contribution in [0.15, 0.2) is 29.4 Å². The third-order valence-electron chi connectivity index (χ3n) is 2.92. The fourth-order valence-electron chi connectivity index (χ4n) is 1.91. The largest absolute Gasteiger partial charge is 0.481 e. The summed E-state index contributed by atoms with van der Waals surface area (Å²) in [5.41, 5.74) is 1.73. The third-order valence-corrected chi connectivity index (χ3v) is 3.95. The Hall–Kier alpha value is -2.02. The number of aliphatic carboxylic acids is 1. The lowest BCUT2D eigenvalue weighted by atomic mass is 10.1. The molecule has 7 heteroatoms. The van der Waals surface area contributed by atoms with E-state index in [4.69, 9.17) is 4.74 Å². The highest BCUT2D eigenvalue weighted by Gasteiger charge is 2.23. The Morgan fingerprint density at radius 3 is 2.73 bits per heavy atom. The summed E-state index contributed by atoms with van der Waals surface area (Å²) in [4.78, 5) is 30.4. The smallest absolute Gasteiger partial charge is 0.307 e.